The van der Waals surface area contributed by atoms with Gasteiger partial charge in [0.1, 0.15) is 11.7 Å². The van der Waals surface area contributed by atoms with Crippen molar-refractivity contribution in [2.75, 3.05) is 6.54 Å². The summed E-state index contributed by atoms with van der Waals surface area (Å²) in [6, 6.07) is 6.21. The fraction of sp³-hybridized carbons (Fsp3) is 0.385. The molecule has 1 rings (SSSR count). The Labute approximate surface area is 111 Å². The molecule has 0 aliphatic carbocycles. The number of rotatable bonds is 7. The summed E-state index contributed by atoms with van der Waals surface area (Å²) in [6.45, 7) is 0.492. The van der Waals surface area contributed by atoms with Gasteiger partial charge in [-0.1, -0.05) is 23.4 Å². The predicted octanol–water partition coefficient (Wildman–Crippen LogP) is 1.40. The van der Waals surface area contributed by atoms with E-state index < -0.39 is 0 Å². The molecule has 0 bridgehead atoms. The lowest BCUT2D eigenvalue weighted by atomic mass is 10.1. The summed E-state index contributed by atoms with van der Waals surface area (Å²) in [5.41, 5.74) is 5.69. The Kier molecular flexibility index (Phi) is 6.35. The van der Waals surface area contributed by atoms with Gasteiger partial charge in [0.15, 0.2) is 0 Å². The van der Waals surface area contributed by atoms with Gasteiger partial charge in [0.2, 0.25) is 5.91 Å². The van der Waals surface area contributed by atoms with Crippen molar-refractivity contribution in [3.63, 3.8) is 0 Å². The van der Waals surface area contributed by atoms with Crippen LogP contribution in [0.15, 0.2) is 29.4 Å². The first-order valence-corrected chi connectivity index (χ1v) is 6.10. The van der Waals surface area contributed by atoms with Crippen LogP contribution in [0.4, 0.5) is 4.39 Å². The van der Waals surface area contributed by atoms with E-state index in [0.717, 1.165) is 12.8 Å². The number of benzene rings is 1. The zero-order chi connectivity index (χ0) is 14.1. The lowest BCUT2D eigenvalue weighted by molar-refractivity contribution is -0.120. The second-order valence-corrected chi connectivity index (χ2v) is 4.17. The molecule has 0 atom stereocenters. The molecular weight excluding hydrogens is 249 g/mol. The summed E-state index contributed by atoms with van der Waals surface area (Å²) in [5.74, 6) is -0.406. The highest BCUT2D eigenvalue weighted by Gasteiger charge is 2.06. The maximum absolute atomic E-state index is 13.3. The number of nitrogens with zero attached hydrogens (tertiary/aromatic N) is 1. The van der Waals surface area contributed by atoms with Crippen LogP contribution >= 0.6 is 0 Å². The van der Waals surface area contributed by atoms with Crippen LogP contribution in [0, 0.1) is 5.82 Å². The molecule has 4 N–H and O–H groups in total. The third kappa shape index (κ3) is 5.85. The fourth-order valence-electron chi connectivity index (χ4n) is 1.59. The van der Waals surface area contributed by atoms with Gasteiger partial charge < -0.3 is 16.3 Å². The molecule has 1 amide bonds. The van der Waals surface area contributed by atoms with Crippen molar-refractivity contribution in [1.29, 1.82) is 0 Å². The normalized spacial score (nSPS) is 11.3. The summed E-state index contributed by atoms with van der Waals surface area (Å²) in [7, 11) is 0. The van der Waals surface area contributed by atoms with Crippen molar-refractivity contribution in [2.24, 2.45) is 10.9 Å². The van der Waals surface area contributed by atoms with Crippen LogP contribution in [0.1, 0.15) is 24.8 Å². The van der Waals surface area contributed by atoms with E-state index in [9.17, 15) is 9.18 Å². The maximum Gasteiger partial charge on any atom is 0.224 e. The quantitative estimate of drug-likeness (QED) is 0.229. The molecule has 0 radical (unpaired) electrons. The molecule has 0 spiro atoms. The van der Waals surface area contributed by atoms with Crippen LogP contribution < -0.4 is 11.1 Å². The standard InChI is InChI=1S/C13H18FN3O2/c14-11-6-2-1-5-10(11)9-13(18)16-8-4-3-7-12(15)17-19/h1-2,5-6,19H,3-4,7-9H2,(H2,15,17)(H,16,18). The SMILES string of the molecule is NC(CCCCNC(=O)Cc1ccccc1F)=NO. The van der Waals surface area contributed by atoms with Crippen LogP contribution in [0.5, 0.6) is 0 Å². The zero-order valence-electron chi connectivity index (χ0n) is 10.6. The topological polar surface area (TPSA) is 87.7 Å². The second-order valence-electron chi connectivity index (χ2n) is 4.17. The van der Waals surface area contributed by atoms with Gasteiger partial charge >= 0.3 is 0 Å². The molecule has 5 nitrogen and oxygen atoms in total. The van der Waals surface area contributed by atoms with Crippen LogP contribution in [-0.4, -0.2) is 23.5 Å². The molecule has 6 heteroatoms. The third-order valence-electron chi connectivity index (χ3n) is 2.62. The molecule has 19 heavy (non-hydrogen) atoms. The number of nitrogens with two attached hydrogens (primary N) is 1. The molecule has 0 aromatic heterocycles. The van der Waals surface area contributed by atoms with Crippen molar-refractivity contribution in [1.82, 2.24) is 5.32 Å². The van der Waals surface area contributed by atoms with Crippen LogP contribution in [0.3, 0.4) is 0 Å². The molecule has 0 unspecified atom stereocenters. The van der Waals surface area contributed by atoms with E-state index >= 15 is 0 Å². The number of amides is 1. The van der Waals surface area contributed by atoms with Crippen LogP contribution in [-0.2, 0) is 11.2 Å². The first-order chi connectivity index (χ1) is 9.13. The summed E-state index contributed by atoms with van der Waals surface area (Å²) in [6.07, 6.45) is 1.96. The largest absolute Gasteiger partial charge is 0.409 e. The first kappa shape index (κ1) is 14.9. The Hall–Kier alpha value is -2.11. The molecule has 0 saturated heterocycles. The monoisotopic (exact) mass is 267 g/mol. The molecule has 1 aromatic carbocycles. The number of oxime groups is 1. The molecule has 0 aliphatic rings. The molecule has 0 saturated carbocycles. The van der Waals surface area contributed by atoms with Crippen molar-refractivity contribution in [2.45, 2.75) is 25.7 Å². The van der Waals surface area contributed by atoms with Gasteiger partial charge in [-0.05, 0) is 24.5 Å². The molecule has 104 valence electrons. The van der Waals surface area contributed by atoms with Gasteiger partial charge in [-0.2, -0.15) is 0 Å². The highest BCUT2D eigenvalue weighted by molar-refractivity contribution is 5.79. The summed E-state index contributed by atoms with van der Waals surface area (Å²) in [4.78, 5) is 11.6. The van der Waals surface area contributed by atoms with Gasteiger partial charge in [-0.3, -0.25) is 4.79 Å². The number of nitrogens with one attached hydrogen (secondary N) is 1. The minimum absolute atomic E-state index is 0.0346. The number of carbonyl (C=O) groups excluding carboxylic acids is 1. The molecule has 1 aromatic rings. The first-order valence-electron chi connectivity index (χ1n) is 6.10. The van der Waals surface area contributed by atoms with Gasteiger partial charge in [-0.25, -0.2) is 4.39 Å². The summed E-state index contributed by atoms with van der Waals surface area (Å²) >= 11 is 0. The van der Waals surface area contributed by atoms with Gasteiger partial charge in [0.05, 0.1) is 6.42 Å². The van der Waals surface area contributed by atoms with E-state index in [-0.39, 0.29) is 24.0 Å². The number of unbranched alkanes of at least 4 members (excludes halogenated alkanes) is 1. The number of hydrogen-bond donors (Lipinski definition) is 3. The minimum atomic E-state index is -0.371. The van der Waals surface area contributed by atoms with Crippen LogP contribution in [0.25, 0.3) is 0 Å². The molecular formula is C13H18FN3O2. The van der Waals surface area contributed by atoms with E-state index in [1.807, 2.05) is 0 Å². The Balaban J connectivity index is 2.20. The van der Waals surface area contributed by atoms with E-state index in [1.165, 1.54) is 6.07 Å². The Morgan fingerprint density at radius 1 is 1.37 bits per heavy atom. The minimum Gasteiger partial charge on any atom is -0.409 e. The fourth-order valence-corrected chi connectivity index (χ4v) is 1.59. The summed E-state index contributed by atoms with van der Waals surface area (Å²) < 4.78 is 13.3. The van der Waals surface area contributed by atoms with Crippen molar-refractivity contribution in [3.05, 3.63) is 35.6 Å². The molecule has 0 aliphatic heterocycles. The Morgan fingerprint density at radius 3 is 2.79 bits per heavy atom. The predicted molar refractivity (Wildman–Crippen MR) is 70.4 cm³/mol. The van der Waals surface area contributed by atoms with Crippen molar-refractivity contribution >= 4 is 11.7 Å². The lowest BCUT2D eigenvalue weighted by Gasteiger charge is -2.05. The zero-order valence-corrected chi connectivity index (χ0v) is 10.6. The number of hydrogen-bond acceptors (Lipinski definition) is 3. The van der Waals surface area contributed by atoms with Crippen molar-refractivity contribution in [3.8, 4) is 0 Å². The summed E-state index contributed by atoms with van der Waals surface area (Å²) in [5, 5.41) is 13.9. The number of carbonyl (C=O) groups is 1. The van der Waals surface area contributed by atoms with Gasteiger partial charge in [0.25, 0.3) is 0 Å². The molecule has 0 fully saturated rings. The maximum atomic E-state index is 13.3. The Morgan fingerprint density at radius 2 is 2.11 bits per heavy atom. The third-order valence-corrected chi connectivity index (χ3v) is 2.62. The van der Waals surface area contributed by atoms with E-state index in [1.54, 1.807) is 18.2 Å². The molecule has 0 heterocycles. The second kappa shape index (κ2) is 8.07. The average Bonchev–Trinajstić information content (AvgIpc) is 2.40. The van der Waals surface area contributed by atoms with E-state index in [0.29, 0.717) is 18.5 Å². The van der Waals surface area contributed by atoms with Gasteiger partial charge in [-0.15, -0.1) is 0 Å². The highest BCUT2D eigenvalue weighted by Crippen LogP contribution is 2.06. The average molecular weight is 267 g/mol. The van der Waals surface area contributed by atoms with E-state index in [2.05, 4.69) is 10.5 Å². The highest BCUT2D eigenvalue weighted by atomic mass is 19.1. The number of halogens is 1. The smallest absolute Gasteiger partial charge is 0.224 e. The van der Waals surface area contributed by atoms with Crippen LogP contribution in [0.2, 0.25) is 0 Å². The van der Waals surface area contributed by atoms with Crippen molar-refractivity contribution < 1.29 is 14.4 Å². The number of amidine groups is 1. The van der Waals surface area contributed by atoms with Gasteiger partial charge in [0, 0.05) is 13.0 Å². The lowest BCUT2D eigenvalue weighted by Crippen LogP contribution is -2.26. The van der Waals surface area contributed by atoms with E-state index in [4.69, 9.17) is 10.9 Å². The Bertz CT molecular complexity index is 449.